The van der Waals surface area contributed by atoms with Crippen LogP contribution >= 0.6 is 0 Å². The van der Waals surface area contributed by atoms with Gasteiger partial charge in [-0.05, 0) is 130 Å². The van der Waals surface area contributed by atoms with Crippen molar-refractivity contribution < 1.29 is 0 Å². The van der Waals surface area contributed by atoms with Gasteiger partial charge in [0, 0.05) is 24.3 Å². The summed E-state index contributed by atoms with van der Waals surface area (Å²) in [5.74, 6) is 2.95. The molecule has 1 aromatic heterocycles. The summed E-state index contributed by atoms with van der Waals surface area (Å²) < 4.78 is 1.75. The Kier molecular flexibility index (Phi) is 9.94. The van der Waals surface area contributed by atoms with Gasteiger partial charge < -0.3 is 5.32 Å². The fourth-order valence-electron chi connectivity index (χ4n) is 9.02. The zero-order chi connectivity index (χ0) is 31.6. The summed E-state index contributed by atoms with van der Waals surface area (Å²) in [6.07, 6.45) is 14.7. The highest BCUT2D eigenvalue weighted by atomic mass is 16.1. The fourth-order valence-corrected chi connectivity index (χ4v) is 9.02. The SMILES string of the molecule is CC1C(N=C(CCCc2ccc3c(=O)n(CCc4ccccc4)cnc3c2)C2CCC[C@@H](C)N[C@@H](C)CC2)C[C@@H]2C[C@H]1C2(C)C. The van der Waals surface area contributed by atoms with E-state index >= 15 is 0 Å². The molecule has 5 nitrogen and oxygen atoms in total. The van der Waals surface area contributed by atoms with Crippen molar-refractivity contribution in [3.05, 3.63) is 76.3 Å². The first kappa shape index (κ1) is 32.2. The molecule has 5 heteroatoms. The maximum Gasteiger partial charge on any atom is 0.261 e. The third-order valence-corrected chi connectivity index (χ3v) is 12.1. The lowest BCUT2D eigenvalue weighted by atomic mass is 9.45. The molecule has 7 rings (SSSR count). The van der Waals surface area contributed by atoms with Gasteiger partial charge in [-0.25, -0.2) is 4.98 Å². The van der Waals surface area contributed by atoms with Gasteiger partial charge in [0.05, 0.1) is 23.3 Å². The van der Waals surface area contributed by atoms with E-state index < -0.39 is 0 Å². The summed E-state index contributed by atoms with van der Waals surface area (Å²) in [5.41, 5.74) is 5.37. The van der Waals surface area contributed by atoms with Crippen molar-refractivity contribution in [3.63, 3.8) is 0 Å². The van der Waals surface area contributed by atoms with Crippen LogP contribution in [0.4, 0.5) is 0 Å². The van der Waals surface area contributed by atoms with Crippen LogP contribution in [0.2, 0.25) is 0 Å². The Bertz CT molecular complexity index is 1520. The summed E-state index contributed by atoms with van der Waals surface area (Å²) in [4.78, 5) is 23.7. The van der Waals surface area contributed by atoms with Crippen LogP contribution in [-0.2, 0) is 19.4 Å². The minimum absolute atomic E-state index is 0.0537. The summed E-state index contributed by atoms with van der Waals surface area (Å²) in [6.45, 7) is 12.8. The van der Waals surface area contributed by atoms with E-state index in [2.05, 4.69) is 64.2 Å². The molecule has 3 saturated carbocycles. The van der Waals surface area contributed by atoms with Crippen molar-refractivity contribution >= 4 is 16.6 Å². The molecule has 4 aliphatic rings. The Morgan fingerprint density at radius 1 is 0.956 bits per heavy atom. The smallest absolute Gasteiger partial charge is 0.261 e. The molecule has 3 aliphatic carbocycles. The molecule has 3 unspecified atom stereocenters. The van der Waals surface area contributed by atoms with Crippen molar-refractivity contribution in [2.75, 3.05) is 0 Å². The molecular formula is C40H56N4O. The van der Waals surface area contributed by atoms with Crippen LogP contribution in [0.15, 0.2) is 64.6 Å². The quantitative estimate of drug-likeness (QED) is 0.248. The fraction of sp³-hybridized carbons (Fsp3) is 0.625. The van der Waals surface area contributed by atoms with Gasteiger partial charge in [0.15, 0.2) is 0 Å². The maximum atomic E-state index is 13.2. The highest BCUT2D eigenvalue weighted by Crippen LogP contribution is 2.61. The van der Waals surface area contributed by atoms with E-state index in [4.69, 9.17) is 9.98 Å². The van der Waals surface area contributed by atoms with Gasteiger partial charge in [0.2, 0.25) is 0 Å². The molecule has 1 aliphatic heterocycles. The van der Waals surface area contributed by atoms with Crippen molar-refractivity contribution in [1.29, 1.82) is 0 Å². The van der Waals surface area contributed by atoms with Crippen LogP contribution in [0.25, 0.3) is 10.9 Å². The third kappa shape index (κ3) is 7.29. The van der Waals surface area contributed by atoms with Gasteiger partial charge in [-0.2, -0.15) is 0 Å². The zero-order valence-corrected chi connectivity index (χ0v) is 28.5. The lowest BCUT2D eigenvalue weighted by Crippen LogP contribution is -2.56. The van der Waals surface area contributed by atoms with Crippen LogP contribution in [0.1, 0.15) is 104 Å². The Balaban J connectivity index is 1.15. The number of aliphatic imine (C=N–C) groups is 1. The molecule has 0 spiro atoms. The minimum atomic E-state index is 0.0537. The number of nitrogens with one attached hydrogen (secondary N) is 1. The number of hydrogen-bond donors (Lipinski definition) is 1. The number of fused-ring (bicyclic) bond motifs is 3. The lowest BCUT2D eigenvalue weighted by Gasteiger charge is -2.61. The Hall–Kier alpha value is -2.79. The second-order valence-corrected chi connectivity index (χ2v) is 15.5. The van der Waals surface area contributed by atoms with Gasteiger partial charge in [0.25, 0.3) is 5.56 Å². The minimum Gasteiger partial charge on any atom is -0.312 e. The van der Waals surface area contributed by atoms with Gasteiger partial charge in [0.1, 0.15) is 0 Å². The largest absolute Gasteiger partial charge is 0.312 e. The predicted octanol–water partition coefficient (Wildman–Crippen LogP) is 8.42. The van der Waals surface area contributed by atoms with Gasteiger partial charge in [-0.3, -0.25) is 14.4 Å². The average molecular weight is 609 g/mol. The molecule has 3 aromatic rings. The first-order chi connectivity index (χ1) is 21.7. The number of aromatic nitrogens is 2. The summed E-state index contributed by atoms with van der Waals surface area (Å²) in [6, 6.07) is 18.3. The standard InChI is InChI=1S/C40H56N4O/c1-27-11-9-15-32(19-17-28(2)42-27)36(43-37-25-33-24-35(29(37)3)40(33,4)5)16-10-14-31-18-20-34-38(23-31)41-26-44(39(34)45)22-21-30-12-7-6-8-13-30/h6-8,12-13,18,20,23,26-29,32-33,35,37,42H,9-11,14-17,19,21-22,24-25H2,1-5H3/t27-,28+,29?,32?,33+,35-,37?/m1/s1. The number of rotatable bonds is 9. The molecular weight excluding hydrogens is 552 g/mol. The molecule has 2 bridgehead atoms. The molecule has 0 amide bonds. The molecule has 1 N–H and O–H groups in total. The Morgan fingerprint density at radius 2 is 1.76 bits per heavy atom. The molecule has 2 heterocycles. The number of aryl methyl sites for hydroxylation is 3. The van der Waals surface area contributed by atoms with Crippen LogP contribution in [0, 0.1) is 29.1 Å². The molecule has 1 saturated heterocycles. The lowest BCUT2D eigenvalue weighted by molar-refractivity contribution is -0.108. The number of hydrogen-bond acceptors (Lipinski definition) is 4. The molecule has 4 fully saturated rings. The Labute approximate surface area is 271 Å². The van der Waals surface area contributed by atoms with E-state index in [1.807, 2.05) is 24.3 Å². The summed E-state index contributed by atoms with van der Waals surface area (Å²) in [5, 5.41) is 4.54. The van der Waals surface area contributed by atoms with E-state index in [0.29, 0.717) is 47.3 Å². The molecule has 7 atom stereocenters. The molecule has 0 radical (unpaired) electrons. The van der Waals surface area contributed by atoms with Gasteiger partial charge in [-0.1, -0.05) is 63.6 Å². The van der Waals surface area contributed by atoms with Crippen molar-refractivity contribution in [3.8, 4) is 0 Å². The predicted molar refractivity (Wildman–Crippen MR) is 188 cm³/mol. The first-order valence-electron chi connectivity index (χ1n) is 18.0. The van der Waals surface area contributed by atoms with Crippen LogP contribution < -0.4 is 10.9 Å². The molecule has 2 aromatic carbocycles. The second-order valence-electron chi connectivity index (χ2n) is 15.5. The molecule has 45 heavy (non-hydrogen) atoms. The third-order valence-electron chi connectivity index (χ3n) is 12.1. The van der Waals surface area contributed by atoms with Crippen LogP contribution in [0.3, 0.4) is 0 Å². The van der Waals surface area contributed by atoms with E-state index in [1.165, 1.54) is 61.8 Å². The highest BCUT2D eigenvalue weighted by molar-refractivity contribution is 5.87. The van der Waals surface area contributed by atoms with Crippen molar-refractivity contribution in [1.82, 2.24) is 14.9 Å². The monoisotopic (exact) mass is 608 g/mol. The topological polar surface area (TPSA) is 59.3 Å². The van der Waals surface area contributed by atoms with E-state index in [-0.39, 0.29) is 5.56 Å². The first-order valence-corrected chi connectivity index (χ1v) is 18.0. The van der Waals surface area contributed by atoms with Crippen LogP contribution in [-0.4, -0.2) is 33.4 Å². The second kappa shape index (κ2) is 13.9. The normalized spacial score (nSPS) is 30.2. The van der Waals surface area contributed by atoms with E-state index in [1.54, 1.807) is 10.9 Å². The van der Waals surface area contributed by atoms with Gasteiger partial charge >= 0.3 is 0 Å². The van der Waals surface area contributed by atoms with E-state index in [9.17, 15) is 4.79 Å². The Morgan fingerprint density at radius 3 is 2.53 bits per heavy atom. The highest BCUT2D eigenvalue weighted by Gasteiger charge is 2.56. The zero-order valence-electron chi connectivity index (χ0n) is 28.5. The van der Waals surface area contributed by atoms with Crippen molar-refractivity contribution in [2.24, 2.45) is 34.1 Å². The summed E-state index contributed by atoms with van der Waals surface area (Å²) >= 11 is 0. The number of nitrogens with zero attached hydrogens (tertiary/aromatic N) is 3. The molecule has 242 valence electrons. The van der Waals surface area contributed by atoms with Crippen molar-refractivity contribution in [2.45, 2.75) is 130 Å². The number of benzene rings is 2. The maximum absolute atomic E-state index is 13.2. The average Bonchev–Trinajstić information content (AvgIpc) is 3.10. The van der Waals surface area contributed by atoms with Crippen LogP contribution in [0.5, 0.6) is 0 Å². The summed E-state index contributed by atoms with van der Waals surface area (Å²) in [7, 11) is 0. The van der Waals surface area contributed by atoms with Gasteiger partial charge in [-0.15, -0.1) is 0 Å². The van der Waals surface area contributed by atoms with E-state index in [0.717, 1.165) is 43.0 Å².